The van der Waals surface area contributed by atoms with Crippen molar-refractivity contribution in [1.82, 2.24) is 0 Å². The first-order valence-corrected chi connectivity index (χ1v) is 25.5. The number of rotatable bonds is 41. The van der Waals surface area contributed by atoms with Crippen LogP contribution < -0.4 is 29.6 Å². The van der Waals surface area contributed by atoms with Gasteiger partial charge in [0.05, 0.1) is 29.2 Å². The molecule has 0 aromatic heterocycles. The average molecular weight is 853 g/mol. The van der Waals surface area contributed by atoms with E-state index in [-0.39, 0.29) is 48.3 Å². The summed E-state index contributed by atoms with van der Waals surface area (Å²) >= 11 is 0. The Balaban J connectivity index is 0.0000336. The Bertz CT molecular complexity index is 1310. The van der Waals surface area contributed by atoms with Gasteiger partial charge in [0, 0.05) is 0 Å². The van der Waals surface area contributed by atoms with Gasteiger partial charge >= 0.3 is 41.5 Å². The Hall–Kier alpha value is -1.45. The topological polar surface area (TPSA) is 110 Å². The van der Waals surface area contributed by atoms with Gasteiger partial charge in [0.15, 0.2) is 0 Å². The van der Waals surface area contributed by atoms with Crippen LogP contribution in [0, 0.1) is 0 Å². The molecule has 1 rings (SSSR count). The number of hydrogen-bond donors (Lipinski definition) is 0. The fourth-order valence-electron chi connectivity index (χ4n) is 7.38. The van der Waals surface area contributed by atoms with Crippen LogP contribution in [0.15, 0.2) is 47.4 Å². The summed E-state index contributed by atoms with van der Waals surface area (Å²) in [6, 6.07) is 3.64. The van der Waals surface area contributed by atoms with Crippen molar-refractivity contribution in [3.05, 3.63) is 53.6 Å². The first-order chi connectivity index (χ1) is 28.3. The Kier molecular flexibility index (Phi) is 40.9. The Labute approximate surface area is 385 Å². The number of allylic oxidation sites excluding steroid dienone is 4. The third-order valence-corrected chi connectivity index (χ3v) is 11.8. The number of carbonyl (C=O) groups is 2. The van der Waals surface area contributed by atoms with Crippen molar-refractivity contribution in [1.29, 1.82) is 0 Å². The Morgan fingerprint density at radius 1 is 0.475 bits per heavy atom. The second kappa shape index (κ2) is 41.9. The molecule has 0 radical (unpaired) electrons. The van der Waals surface area contributed by atoms with Crippen molar-refractivity contribution < 1.29 is 61.6 Å². The first kappa shape index (κ1) is 57.5. The van der Waals surface area contributed by atoms with E-state index in [1.807, 2.05) is 0 Å². The van der Waals surface area contributed by atoms with Gasteiger partial charge in [-0.3, -0.25) is 0 Å². The molecule has 1 aromatic carbocycles. The molecule has 59 heavy (non-hydrogen) atoms. The molecule has 1 aromatic rings. The number of carbonyl (C=O) groups excluding carboxylic acids is 2. The van der Waals surface area contributed by atoms with E-state index in [1.54, 1.807) is 0 Å². The quantitative estimate of drug-likeness (QED) is 0.0212. The zero-order valence-electron chi connectivity index (χ0n) is 38.3. The van der Waals surface area contributed by atoms with E-state index in [1.165, 1.54) is 179 Å². The molecular formula is C50H85NaO7S. The van der Waals surface area contributed by atoms with Gasteiger partial charge in [-0.25, -0.2) is 18.0 Å². The van der Waals surface area contributed by atoms with Gasteiger partial charge in [-0.2, -0.15) is 0 Å². The molecule has 0 saturated carbocycles. The largest absolute Gasteiger partial charge is 1.00 e. The Morgan fingerprint density at radius 3 is 1.12 bits per heavy atom. The maximum absolute atomic E-state index is 13.0. The Morgan fingerprint density at radius 2 is 0.780 bits per heavy atom. The van der Waals surface area contributed by atoms with Crippen LogP contribution in [-0.2, 0) is 19.6 Å². The van der Waals surface area contributed by atoms with Gasteiger partial charge in [0.1, 0.15) is 10.1 Å². The monoisotopic (exact) mass is 853 g/mol. The molecule has 0 aliphatic heterocycles. The van der Waals surface area contributed by atoms with Gasteiger partial charge in [-0.1, -0.05) is 211 Å². The summed E-state index contributed by atoms with van der Waals surface area (Å²) in [6.07, 6.45) is 50.4. The van der Waals surface area contributed by atoms with E-state index in [0.717, 1.165) is 44.6 Å². The van der Waals surface area contributed by atoms with Crippen LogP contribution in [0.3, 0.4) is 0 Å². The number of ether oxygens (including phenoxy) is 2. The fraction of sp³-hybridized carbons (Fsp3) is 0.760. The van der Waals surface area contributed by atoms with E-state index in [2.05, 4.69) is 38.2 Å². The smallest absolute Gasteiger partial charge is 0.744 e. The van der Waals surface area contributed by atoms with Crippen LogP contribution in [0.1, 0.15) is 253 Å². The molecule has 0 atom stereocenters. The maximum Gasteiger partial charge on any atom is 1.00 e. The van der Waals surface area contributed by atoms with Gasteiger partial charge in [-0.05, 0) is 63.5 Å². The summed E-state index contributed by atoms with van der Waals surface area (Å²) in [7, 11) is -5.02. The van der Waals surface area contributed by atoms with Crippen molar-refractivity contribution in [3.63, 3.8) is 0 Å². The second-order valence-corrected chi connectivity index (χ2v) is 17.7. The molecule has 334 valence electrons. The summed E-state index contributed by atoms with van der Waals surface area (Å²) in [5.41, 5.74) is -0.772. The summed E-state index contributed by atoms with van der Waals surface area (Å²) in [5.74, 6) is -1.80. The summed E-state index contributed by atoms with van der Waals surface area (Å²) < 4.78 is 46.9. The molecular weight excluding hydrogens is 768 g/mol. The molecule has 0 N–H and O–H groups in total. The van der Waals surface area contributed by atoms with E-state index in [4.69, 9.17) is 9.47 Å². The zero-order chi connectivity index (χ0) is 42.2. The van der Waals surface area contributed by atoms with Crippen molar-refractivity contribution in [2.24, 2.45) is 0 Å². The van der Waals surface area contributed by atoms with Gasteiger partial charge in [0.25, 0.3) is 0 Å². The minimum absolute atomic E-state index is 0. The molecule has 0 spiro atoms. The molecule has 0 unspecified atom stereocenters. The van der Waals surface area contributed by atoms with Crippen LogP contribution >= 0.6 is 0 Å². The van der Waals surface area contributed by atoms with Crippen LogP contribution in [0.4, 0.5) is 0 Å². The minimum atomic E-state index is -5.02. The maximum atomic E-state index is 13.0. The van der Waals surface area contributed by atoms with Crippen molar-refractivity contribution in [2.45, 2.75) is 237 Å². The molecule has 0 fully saturated rings. The van der Waals surface area contributed by atoms with Crippen LogP contribution in [0.25, 0.3) is 0 Å². The van der Waals surface area contributed by atoms with E-state index < -0.39 is 32.5 Å². The SMILES string of the molecule is CCC/C=C/CCCCCCCCCCCCCCCCOC(=O)c1cccc(S(=O)(=O)[O-])c1C(=O)OCCCCCCCCCCCCCCCC/C=C/CCC.[Na+]. The number of hydrogen-bond acceptors (Lipinski definition) is 7. The molecule has 0 heterocycles. The normalized spacial score (nSPS) is 11.7. The average Bonchev–Trinajstić information content (AvgIpc) is 3.21. The van der Waals surface area contributed by atoms with Crippen LogP contribution in [0.2, 0.25) is 0 Å². The van der Waals surface area contributed by atoms with Crippen molar-refractivity contribution >= 4 is 22.1 Å². The third kappa shape index (κ3) is 33.8. The number of unbranched alkanes of at least 4 members (excludes halogenated alkanes) is 30. The molecule has 0 bridgehead atoms. The first-order valence-electron chi connectivity index (χ1n) is 24.1. The fourth-order valence-corrected chi connectivity index (χ4v) is 8.06. The predicted octanol–water partition coefficient (Wildman–Crippen LogP) is 12.3. The molecule has 0 aliphatic carbocycles. The molecule has 7 nitrogen and oxygen atoms in total. The summed E-state index contributed by atoms with van der Waals surface area (Å²) in [6.45, 7) is 4.69. The van der Waals surface area contributed by atoms with Crippen molar-refractivity contribution in [2.75, 3.05) is 13.2 Å². The van der Waals surface area contributed by atoms with E-state index in [9.17, 15) is 22.6 Å². The van der Waals surface area contributed by atoms with Crippen LogP contribution in [0.5, 0.6) is 0 Å². The van der Waals surface area contributed by atoms with Crippen LogP contribution in [-0.4, -0.2) is 38.1 Å². The van der Waals surface area contributed by atoms with E-state index in [0.29, 0.717) is 12.8 Å². The van der Waals surface area contributed by atoms with Gasteiger partial charge < -0.3 is 14.0 Å². The predicted molar refractivity (Wildman–Crippen MR) is 242 cm³/mol. The molecule has 0 saturated heterocycles. The molecule has 0 amide bonds. The number of benzene rings is 1. The molecule has 9 heteroatoms. The van der Waals surface area contributed by atoms with Crippen molar-refractivity contribution in [3.8, 4) is 0 Å². The number of esters is 2. The summed E-state index contributed by atoms with van der Waals surface area (Å²) in [5, 5.41) is 0. The molecule has 0 aliphatic rings. The van der Waals surface area contributed by atoms with Gasteiger partial charge in [-0.15, -0.1) is 0 Å². The minimum Gasteiger partial charge on any atom is -0.744 e. The van der Waals surface area contributed by atoms with Gasteiger partial charge in [0.2, 0.25) is 0 Å². The second-order valence-electron chi connectivity index (χ2n) is 16.4. The summed E-state index contributed by atoms with van der Waals surface area (Å²) in [4.78, 5) is 25.3. The standard InChI is InChI=1S/C50H86O7S.Na/c1-3-5-7-9-11-13-15-17-19-21-23-25-27-29-31-33-35-37-39-44-56-49(51)46-42-41-43-47(58(53,54)55)48(46)50(52)57-45-40-38-36-34-32-30-28-26-24-22-20-18-16-14-12-10-8-6-4-2;/h7-10,41-43H,3-6,11-40,44-45H2,1-2H3,(H,53,54,55);/q;+1/p-1/b9-7+,10-8+;. The van der Waals surface area contributed by atoms with E-state index >= 15 is 0 Å². The third-order valence-electron chi connectivity index (χ3n) is 11.0. The zero-order valence-corrected chi connectivity index (χ0v) is 41.1.